The molecule has 0 amide bonds. The second kappa shape index (κ2) is 4.95. The van der Waals surface area contributed by atoms with E-state index in [-0.39, 0.29) is 17.8 Å². The molecule has 2 nitrogen and oxygen atoms in total. The Morgan fingerprint density at radius 1 is 1.21 bits per heavy atom. The Kier molecular flexibility index (Phi) is 3.29. The van der Waals surface area contributed by atoms with Crippen LogP contribution >= 0.6 is 11.6 Å². The van der Waals surface area contributed by atoms with E-state index in [1.165, 1.54) is 0 Å². The third-order valence-corrected chi connectivity index (χ3v) is 4.18. The van der Waals surface area contributed by atoms with Crippen LogP contribution in [0.4, 0.5) is 0 Å². The van der Waals surface area contributed by atoms with Crippen molar-refractivity contribution in [2.45, 2.75) is 19.4 Å². The van der Waals surface area contributed by atoms with E-state index in [0.717, 1.165) is 22.8 Å². The molecule has 0 spiro atoms. The predicted octanol–water partition coefficient (Wildman–Crippen LogP) is 4.10. The standard InChI is InChI=1S/C16H15ClO2/c1-10-11(8-9-19-10)16(18)14-6-7-15(17)13-5-3-2-4-12(13)14/h2-7,10-11H,8-9H2,1H3. The molecule has 0 radical (unpaired) electrons. The Hall–Kier alpha value is -1.38. The van der Waals surface area contributed by atoms with E-state index in [4.69, 9.17) is 16.3 Å². The van der Waals surface area contributed by atoms with Gasteiger partial charge in [0.1, 0.15) is 0 Å². The topological polar surface area (TPSA) is 26.3 Å². The smallest absolute Gasteiger partial charge is 0.169 e. The maximum Gasteiger partial charge on any atom is 0.169 e. The Morgan fingerprint density at radius 2 is 1.95 bits per heavy atom. The lowest BCUT2D eigenvalue weighted by Crippen LogP contribution is -2.21. The van der Waals surface area contributed by atoms with E-state index in [9.17, 15) is 4.79 Å². The van der Waals surface area contributed by atoms with Crippen molar-refractivity contribution in [1.82, 2.24) is 0 Å². The average molecular weight is 275 g/mol. The van der Waals surface area contributed by atoms with Crippen LogP contribution in [0, 0.1) is 5.92 Å². The predicted molar refractivity (Wildman–Crippen MR) is 76.8 cm³/mol. The minimum Gasteiger partial charge on any atom is -0.378 e. The molecule has 1 aliphatic rings. The van der Waals surface area contributed by atoms with Crippen LogP contribution in [0.1, 0.15) is 23.7 Å². The van der Waals surface area contributed by atoms with E-state index in [2.05, 4.69) is 0 Å². The quantitative estimate of drug-likeness (QED) is 0.771. The summed E-state index contributed by atoms with van der Waals surface area (Å²) >= 11 is 6.19. The van der Waals surface area contributed by atoms with Crippen LogP contribution in [-0.2, 0) is 4.74 Å². The van der Waals surface area contributed by atoms with Crippen LogP contribution in [0.3, 0.4) is 0 Å². The molecular formula is C16H15ClO2. The molecular weight excluding hydrogens is 260 g/mol. The van der Waals surface area contributed by atoms with Crippen LogP contribution in [0.2, 0.25) is 5.02 Å². The van der Waals surface area contributed by atoms with Gasteiger partial charge in [-0.25, -0.2) is 0 Å². The lowest BCUT2D eigenvalue weighted by molar-refractivity contribution is 0.0766. The van der Waals surface area contributed by atoms with Crippen molar-refractivity contribution < 1.29 is 9.53 Å². The zero-order chi connectivity index (χ0) is 13.4. The van der Waals surface area contributed by atoms with Gasteiger partial charge in [0.15, 0.2) is 5.78 Å². The lowest BCUT2D eigenvalue weighted by atomic mass is 9.90. The number of ketones is 1. The molecule has 3 rings (SSSR count). The fourth-order valence-corrected chi connectivity index (χ4v) is 2.98. The molecule has 0 bridgehead atoms. The monoisotopic (exact) mass is 274 g/mol. The van der Waals surface area contributed by atoms with Crippen LogP contribution in [0.15, 0.2) is 36.4 Å². The highest BCUT2D eigenvalue weighted by molar-refractivity contribution is 6.36. The molecule has 1 aliphatic heterocycles. The van der Waals surface area contributed by atoms with Gasteiger partial charge in [0, 0.05) is 22.6 Å². The first-order valence-electron chi connectivity index (χ1n) is 6.51. The molecule has 0 saturated carbocycles. The first-order valence-corrected chi connectivity index (χ1v) is 6.89. The minimum absolute atomic E-state index is 0.00180. The summed E-state index contributed by atoms with van der Waals surface area (Å²) in [7, 11) is 0. The van der Waals surface area contributed by atoms with Crippen molar-refractivity contribution in [3.63, 3.8) is 0 Å². The highest BCUT2D eigenvalue weighted by Crippen LogP contribution is 2.31. The van der Waals surface area contributed by atoms with E-state index in [1.807, 2.05) is 37.3 Å². The molecule has 98 valence electrons. The molecule has 1 heterocycles. The van der Waals surface area contributed by atoms with Gasteiger partial charge in [0.2, 0.25) is 0 Å². The third-order valence-electron chi connectivity index (χ3n) is 3.85. The highest BCUT2D eigenvalue weighted by Gasteiger charge is 2.32. The largest absolute Gasteiger partial charge is 0.378 e. The van der Waals surface area contributed by atoms with Crippen molar-refractivity contribution in [2.24, 2.45) is 5.92 Å². The summed E-state index contributed by atoms with van der Waals surface area (Å²) in [6.07, 6.45) is 0.804. The van der Waals surface area contributed by atoms with Crippen molar-refractivity contribution in [3.8, 4) is 0 Å². The minimum atomic E-state index is -0.0374. The van der Waals surface area contributed by atoms with Gasteiger partial charge >= 0.3 is 0 Å². The van der Waals surface area contributed by atoms with Gasteiger partial charge in [-0.1, -0.05) is 35.9 Å². The zero-order valence-electron chi connectivity index (χ0n) is 10.7. The molecule has 1 saturated heterocycles. The fraction of sp³-hybridized carbons (Fsp3) is 0.312. The number of carbonyl (C=O) groups is 1. The molecule has 2 aromatic rings. The van der Waals surface area contributed by atoms with Crippen molar-refractivity contribution >= 4 is 28.2 Å². The summed E-state index contributed by atoms with van der Waals surface area (Å²) in [6, 6.07) is 11.4. The zero-order valence-corrected chi connectivity index (χ0v) is 11.5. The number of ether oxygens (including phenoxy) is 1. The summed E-state index contributed by atoms with van der Waals surface area (Å²) in [5.74, 6) is 0.127. The Morgan fingerprint density at radius 3 is 2.63 bits per heavy atom. The molecule has 19 heavy (non-hydrogen) atoms. The second-order valence-corrected chi connectivity index (χ2v) is 5.38. The summed E-state index contributed by atoms with van der Waals surface area (Å²) in [6.45, 7) is 2.64. The first kappa shape index (κ1) is 12.6. The lowest BCUT2D eigenvalue weighted by Gasteiger charge is -2.14. The number of Topliss-reactive ketones (excluding diaryl/α,β-unsaturated/α-hetero) is 1. The van der Waals surface area contributed by atoms with Gasteiger partial charge in [-0.05, 0) is 30.9 Å². The molecule has 2 unspecified atom stereocenters. The van der Waals surface area contributed by atoms with Crippen molar-refractivity contribution in [2.75, 3.05) is 6.61 Å². The molecule has 3 heteroatoms. The van der Waals surface area contributed by atoms with Gasteiger partial charge in [-0.2, -0.15) is 0 Å². The highest BCUT2D eigenvalue weighted by atomic mass is 35.5. The van der Waals surface area contributed by atoms with E-state index in [0.29, 0.717) is 11.6 Å². The molecule has 0 aliphatic carbocycles. The van der Waals surface area contributed by atoms with Gasteiger partial charge in [0.25, 0.3) is 0 Å². The average Bonchev–Trinajstić information content (AvgIpc) is 2.85. The molecule has 0 aromatic heterocycles. The summed E-state index contributed by atoms with van der Waals surface area (Å²) in [5, 5.41) is 2.54. The number of halogens is 1. The van der Waals surface area contributed by atoms with Crippen LogP contribution in [0.5, 0.6) is 0 Å². The molecule has 1 fully saturated rings. The van der Waals surface area contributed by atoms with E-state index >= 15 is 0 Å². The molecule has 2 aromatic carbocycles. The fourth-order valence-electron chi connectivity index (χ4n) is 2.75. The van der Waals surface area contributed by atoms with Gasteiger partial charge in [-0.3, -0.25) is 4.79 Å². The Balaban J connectivity index is 2.10. The molecule has 0 N–H and O–H groups in total. The normalized spacial score (nSPS) is 22.8. The van der Waals surface area contributed by atoms with Gasteiger partial charge in [0.05, 0.1) is 12.0 Å². The number of benzene rings is 2. The number of carbonyl (C=O) groups excluding carboxylic acids is 1. The number of fused-ring (bicyclic) bond motifs is 1. The van der Waals surface area contributed by atoms with Gasteiger partial charge in [-0.15, -0.1) is 0 Å². The van der Waals surface area contributed by atoms with E-state index in [1.54, 1.807) is 6.07 Å². The van der Waals surface area contributed by atoms with Crippen molar-refractivity contribution in [1.29, 1.82) is 0 Å². The van der Waals surface area contributed by atoms with Crippen LogP contribution < -0.4 is 0 Å². The maximum atomic E-state index is 12.7. The Labute approximate surface area is 117 Å². The van der Waals surface area contributed by atoms with Crippen molar-refractivity contribution in [3.05, 3.63) is 47.0 Å². The summed E-state index contributed by atoms with van der Waals surface area (Å²) < 4.78 is 5.50. The Bertz CT molecular complexity index is 636. The number of rotatable bonds is 2. The molecule has 2 atom stereocenters. The number of hydrogen-bond acceptors (Lipinski definition) is 2. The summed E-state index contributed by atoms with van der Waals surface area (Å²) in [4.78, 5) is 12.7. The maximum absolute atomic E-state index is 12.7. The second-order valence-electron chi connectivity index (χ2n) is 4.98. The number of hydrogen-bond donors (Lipinski definition) is 0. The van der Waals surface area contributed by atoms with Crippen LogP contribution in [0.25, 0.3) is 10.8 Å². The SMILES string of the molecule is CC1OCCC1C(=O)c1ccc(Cl)c2ccccc12. The first-order chi connectivity index (χ1) is 9.18. The van der Waals surface area contributed by atoms with E-state index < -0.39 is 0 Å². The third kappa shape index (κ3) is 2.15. The van der Waals surface area contributed by atoms with Gasteiger partial charge < -0.3 is 4.74 Å². The van der Waals surface area contributed by atoms with Crippen LogP contribution in [-0.4, -0.2) is 18.5 Å². The summed E-state index contributed by atoms with van der Waals surface area (Å²) in [5.41, 5.74) is 0.752.